The van der Waals surface area contributed by atoms with Crippen molar-refractivity contribution in [3.8, 4) is 11.8 Å². The Morgan fingerprint density at radius 3 is 2.94 bits per heavy atom. The smallest absolute Gasteiger partial charge is 0.312 e. The molecule has 1 aromatic rings. The fourth-order valence-electron chi connectivity index (χ4n) is 1.11. The molecule has 0 spiro atoms. The van der Waals surface area contributed by atoms with Crippen molar-refractivity contribution in [2.24, 2.45) is 0 Å². The summed E-state index contributed by atoms with van der Waals surface area (Å²) in [6.07, 6.45) is 0.924. The monoisotopic (exact) mass is 284 g/mol. The first-order chi connectivity index (χ1) is 7.66. The first kappa shape index (κ1) is 12.5. The zero-order chi connectivity index (χ0) is 12.0. The first-order valence-electron chi connectivity index (χ1n) is 4.59. The highest BCUT2D eigenvalue weighted by Gasteiger charge is 2.17. The Kier molecular flexibility index (Phi) is 4.73. The number of para-hydroxylation sites is 1. The number of nitro benzene ring substituents is 1. The molecule has 16 heavy (non-hydrogen) atoms. The van der Waals surface area contributed by atoms with Crippen LogP contribution in [0, 0.1) is 21.4 Å². The van der Waals surface area contributed by atoms with E-state index in [4.69, 9.17) is 10.00 Å². The molecule has 0 aliphatic heterocycles. The third kappa shape index (κ3) is 3.21. The van der Waals surface area contributed by atoms with Gasteiger partial charge in [-0.3, -0.25) is 10.1 Å². The predicted molar refractivity (Wildman–Crippen MR) is 61.1 cm³/mol. The molecule has 0 bridgehead atoms. The molecular weight excluding hydrogens is 276 g/mol. The molecule has 1 rings (SSSR count). The van der Waals surface area contributed by atoms with Gasteiger partial charge in [-0.1, -0.05) is 6.07 Å². The van der Waals surface area contributed by atoms with Crippen LogP contribution in [-0.4, -0.2) is 11.5 Å². The minimum Gasteiger partial charge on any atom is -0.486 e. The minimum atomic E-state index is -0.496. The number of nitriles is 1. The number of halogens is 1. The Balaban J connectivity index is 2.77. The SMILES string of the molecule is N#CCCCOc1c(Br)cccc1[N+](=O)[O-]. The maximum Gasteiger partial charge on any atom is 0.312 e. The third-order valence-corrected chi connectivity index (χ3v) is 2.45. The molecule has 1 aromatic carbocycles. The van der Waals surface area contributed by atoms with Crippen LogP contribution in [0.5, 0.6) is 5.75 Å². The van der Waals surface area contributed by atoms with Crippen LogP contribution in [0.3, 0.4) is 0 Å². The van der Waals surface area contributed by atoms with E-state index in [-0.39, 0.29) is 18.0 Å². The summed E-state index contributed by atoms with van der Waals surface area (Å²) >= 11 is 3.19. The second kappa shape index (κ2) is 6.08. The van der Waals surface area contributed by atoms with Crippen LogP contribution in [-0.2, 0) is 0 Å². The number of hydrogen-bond acceptors (Lipinski definition) is 4. The van der Waals surface area contributed by atoms with Crippen LogP contribution in [0.15, 0.2) is 22.7 Å². The standard InChI is InChI=1S/C10H9BrN2O3/c11-8-4-3-5-9(13(14)15)10(8)16-7-2-1-6-12/h3-5H,1-2,7H2. The van der Waals surface area contributed by atoms with Crippen molar-refractivity contribution in [1.29, 1.82) is 5.26 Å². The van der Waals surface area contributed by atoms with Crippen LogP contribution >= 0.6 is 15.9 Å². The second-order valence-electron chi connectivity index (χ2n) is 2.96. The van der Waals surface area contributed by atoms with Gasteiger partial charge in [-0.25, -0.2) is 0 Å². The van der Waals surface area contributed by atoms with E-state index in [1.54, 1.807) is 12.1 Å². The van der Waals surface area contributed by atoms with Gasteiger partial charge in [-0.2, -0.15) is 5.26 Å². The first-order valence-corrected chi connectivity index (χ1v) is 5.38. The largest absolute Gasteiger partial charge is 0.486 e. The van der Waals surface area contributed by atoms with Crippen molar-refractivity contribution in [3.63, 3.8) is 0 Å². The predicted octanol–water partition coefficient (Wildman–Crippen LogP) is 3.04. The van der Waals surface area contributed by atoms with Gasteiger partial charge < -0.3 is 4.74 Å². The lowest BCUT2D eigenvalue weighted by molar-refractivity contribution is -0.386. The lowest BCUT2D eigenvalue weighted by Crippen LogP contribution is -2.01. The number of benzene rings is 1. The number of unbranched alkanes of at least 4 members (excludes halogenated alkanes) is 1. The van der Waals surface area contributed by atoms with Gasteiger partial charge in [0.1, 0.15) is 0 Å². The fraction of sp³-hybridized carbons (Fsp3) is 0.300. The molecule has 0 amide bonds. The van der Waals surface area contributed by atoms with Crippen LogP contribution < -0.4 is 4.74 Å². The molecule has 0 radical (unpaired) electrons. The third-order valence-electron chi connectivity index (χ3n) is 1.82. The van der Waals surface area contributed by atoms with Gasteiger partial charge in [-0.15, -0.1) is 0 Å². The van der Waals surface area contributed by atoms with Crippen LogP contribution in [0.25, 0.3) is 0 Å². The molecule has 0 atom stereocenters. The molecule has 0 fully saturated rings. The van der Waals surface area contributed by atoms with Crippen molar-refractivity contribution in [1.82, 2.24) is 0 Å². The maximum absolute atomic E-state index is 10.7. The van der Waals surface area contributed by atoms with E-state index >= 15 is 0 Å². The van der Waals surface area contributed by atoms with E-state index in [0.29, 0.717) is 17.3 Å². The average Bonchev–Trinajstić information content (AvgIpc) is 2.25. The number of nitro groups is 1. The normalized spacial score (nSPS) is 9.50. The topological polar surface area (TPSA) is 76.2 Å². The highest BCUT2D eigenvalue weighted by Crippen LogP contribution is 2.34. The number of nitrogens with zero attached hydrogens (tertiary/aromatic N) is 2. The molecule has 0 aliphatic rings. The van der Waals surface area contributed by atoms with Gasteiger partial charge >= 0.3 is 5.69 Å². The molecule has 5 nitrogen and oxygen atoms in total. The summed E-state index contributed by atoms with van der Waals surface area (Å²) < 4.78 is 5.83. The Hall–Kier alpha value is -1.61. The minimum absolute atomic E-state index is 0.0775. The maximum atomic E-state index is 10.7. The van der Waals surface area contributed by atoms with Crippen molar-refractivity contribution in [2.75, 3.05) is 6.61 Å². The van der Waals surface area contributed by atoms with Crippen molar-refractivity contribution < 1.29 is 9.66 Å². The van der Waals surface area contributed by atoms with Gasteiger partial charge in [0.25, 0.3) is 0 Å². The lowest BCUT2D eigenvalue weighted by atomic mass is 10.3. The molecule has 0 aliphatic carbocycles. The summed E-state index contributed by atoms with van der Waals surface area (Å²) in [5.74, 6) is 0.213. The molecule has 0 heterocycles. The van der Waals surface area contributed by atoms with E-state index < -0.39 is 4.92 Å². The van der Waals surface area contributed by atoms with Crippen molar-refractivity contribution >= 4 is 21.6 Å². The Bertz CT molecular complexity index is 429. The van der Waals surface area contributed by atoms with Gasteiger partial charge in [0.15, 0.2) is 0 Å². The van der Waals surface area contributed by atoms with Crippen LogP contribution in [0.4, 0.5) is 5.69 Å². The van der Waals surface area contributed by atoms with Gasteiger partial charge in [-0.05, 0) is 28.4 Å². The summed E-state index contributed by atoms with van der Waals surface area (Å²) in [4.78, 5) is 10.2. The van der Waals surface area contributed by atoms with Crippen molar-refractivity contribution in [2.45, 2.75) is 12.8 Å². The summed E-state index contributed by atoms with van der Waals surface area (Å²) in [7, 11) is 0. The van der Waals surface area contributed by atoms with E-state index in [2.05, 4.69) is 15.9 Å². The van der Waals surface area contributed by atoms with E-state index in [1.165, 1.54) is 6.07 Å². The number of rotatable bonds is 5. The van der Waals surface area contributed by atoms with E-state index in [1.807, 2.05) is 6.07 Å². The lowest BCUT2D eigenvalue weighted by Gasteiger charge is -2.07. The molecule has 0 N–H and O–H groups in total. The highest BCUT2D eigenvalue weighted by atomic mass is 79.9. The fourth-order valence-corrected chi connectivity index (χ4v) is 1.58. The van der Waals surface area contributed by atoms with Crippen LogP contribution in [0.1, 0.15) is 12.8 Å². The average molecular weight is 285 g/mol. The summed E-state index contributed by atoms with van der Waals surface area (Å²) in [6.45, 7) is 0.289. The quantitative estimate of drug-likeness (QED) is 0.473. The zero-order valence-electron chi connectivity index (χ0n) is 8.35. The van der Waals surface area contributed by atoms with Crippen molar-refractivity contribution in [3.05, 3.63) is 32.8 Å². The Morgan fingerprint density at radius 1 is 1.56 bits per heavy atom. The van der Waals surface area contributed by atoms with Gasteiger partial charge in [0.05, 0.1) is 22.1 Å². The summed E-state index contributed by atoms with van der Waals surface area (Å²) in [6, 6.07) is 6.61. The van der Waals surface area contributed by atoms with Crippen LogP contribution in [0.2, 0.25) is 0 Å². The molecule has 0 unspecified atom stereocenters. The Labute approximate surface area is 101 Å². The number of ether oxygens (including phenoxy) is 1. The second-order valence-corrected chi connectivity index (χ2v) is 3.81. The molecule has 6 heteroatoms. The van der Waals surface area contributed by atoms with E-state index in [0.717, 1.165) is 0 Å². The van der Waals surface area contributed by atoms with Gasteiger partial charge in [0.2, 0.25) is 5.75 Å². The molecule has 84 valence electrons. The summed E-state index contributed by atoms with van der Waals surface area (Å²) in [5, 5.41) is 19.1. The molecular formula is C10H9BrN2O3. The Morgan fingerprint density at radius 2 is 2.31 bits per heavy atom. The zero-order valence-corrected chi connectivity index (χ0v) is 9.94. The number of hydrogen-bond donors (Lipinski definition) is 0. The molecule has 0 aromatic heterocycles. The summed E-state index contributed by atoms with van der Waals surface area (Å²) in [5.41, 5.74) is -0.0775. The highest BCUT2D eigenvalue weighted by molar-refractivity contribution is 9.10. The molecule has 0 saturated heterocycles. The van der Waals surface area contributed by atoms with E-state index in [9.17, 15) is 10.1 Å². The molecule has 0 saturated carbocycles. The van der Waals surface area contributed by atoms with Gasteiger partial charge in [0, 0.05) is 12.5 Å².